The fraction of sp³-hybridized carbons (Fsp3) is 0.500. The maximum Gasteiger partial charge on any atom is 0.226 e. The van der Waals surface area contributed by atoms with Gasteiger partial charge in [-0.2, -0.15) is 0 Å². The molecule has 3 nitrogen and oxygen atoms in total. The van der Waals surface area contributed by atoms with Crippen LogP contribution in [0, 0.1) is 6.92 Å². The summed E-state index contributed by atoms with van der Waals surface area (Å²) in [7, 11) is 0. The lowest BCUT2D eigenvalue weighted by Gasteiger charge is -2.20. The lowest BCUT2D eigenvalue weighted by Crippen LogP contribution is -2.35. The number of rotatable bonds is 8. The van der Waals surface area contributed by atoms with E-state index in [1.165, 1.54) is 0 Å². The second-order valence-electron chi connectivity index (χ2n) is 4.17. The van der Waals surface area contributed by atoms with Crippen molar-refractivity contribution >= 4 is 29.1 Å². The normalized spacial score (nSPS) is 10.3. The van der Waals surface area contributed by atoms with Crippen molar-refractivity contribution in [3.05, 3.63) is 29.8 Å². The molecule has 1 aromatic carbocycles. The summed E-state index contributed by atoms with van der Waals surface area (Å²) in [6, 6.07) is 7.76. The summed E-state index contributed by atoms with van der Waals surface area (Å²) in [5.74, 6) is 1.64. The Labute approximate surface area is 124 Å². The van der Waals surface area contributed by atoms with Gasteiger partial charge in [-0.1, -0.05) is 12.1 Å². The molecule has 19 heavy (non-hydrogen) atoms. The average molecular weight is 304 g/mol. The van der Waals surface area contributed by atoms with Crippen molar-refractivity contribution in [3.63, 3.8) is 0 Å². The number of carbonyl (C=O) groups is 1. The zero-order chi connectivity index (χ0) is 14.1. The average Bonchev–Trinajstić information content (AvgIpc) is 2.38. The summed E-state index contributed by atoms with van der Waals surface area (Å²) < 4.78 is 5.55. The van der Waals surface area contributed by atoms with Crippen LogP contribution in [0.5, 0.6) is 5.75 Å². The van der Waals surface area contributed by atoms with E-state index < -0.39 is 0 Å². The highest BCUT2D eigenvalue weighted by Gasteiger charge is 2.12. The van der Waals surface area contributed by atoms with Gasteiger partial charge in [0.15, 0.2) is 0 Å². The number of carbonyl (C=O) groups excluding carboxylic acids is 1. The molecule has 0 saturated carbocycles. The van der Waals surface area contributed by atoms with Crippen LogP contribution in [0.3, 0.4) is 0 Å². The molecule has 0 spiro atoms. The minimum atomic E-state index is 0.0222. The molecule has 0 radical (unpaired) electrons. The second-order valence-corrected chi connectivity index (χ2v) is 4.93. The van der Waals surface area contributed by atoms with Crippen LogP contribution in [-0.4, -0.2) is 42.3 Å². The van der Waals surface area contributed by atoms with Crippen LogP contribution in [0.1, 0.15) is 12.0 Å². The van der Waals surface area contributed by atoms with Crippen LogP contribution in [0.4, 0.5) is 0 Å². The zero-order valence-corrected chi connectivity index (χ0v) is 12.6. The molecule has 1 aromatic rings. The monoisotopic (exact) mass is 303 g/mol. The first kappa shape index (κ1) is 16.1. The minimum absolute atomic E-state index is 0.0222. The number of halogens is 2. The third-order valence-electron chi connectivity index (χ3n) is 2.64. The summed E-state index contributed by atoms with van der Waals surface area (Å²) >= 11 is 11.3. The van der Waals surface area contributed by atoms with Crippen molar-refractivity contribution in [2.24, 2.45) is 0 Å². The van der Waals surface area contributed by atoms with E-state index in [0.717, 1.165) is 11.3 Å². The molecule has 106 valence electrons. The predicted molar refractivity (Wildman–Crippen MR) is 79.3 cm³/mol. The third kappa shape index (κ3) is 6.17. The van der Waals surface area contributed by atoms with Gasteiger partial charge in [-0.15, -0.1) is 23.2 Å². The van der Waals surface area contributed by atoms with Gasteiger partial charge in [0.2, 0.25) is 5.91 Å². The van der Waals surface area contributed by atoms with E-state index in [1.807, 2.05) is 31.2 Å². The van der Waals surface area contributed by atoms with Crippen molar-refractivity contribution in [1.82, 2.24) is 4.90 Å². The maximum atomic E-state index is 11.9. The minimum Gasteiger partial charge on any atom is -0.493 e. The summed E-state index contributed by atoms with van der Waals surface area (Å²) in [5, 5.41) is 0. The summed E-state index contributed by atoms with van der Waals surface area (Å²) in [4.78, 5) is 13.6. The van der Waals surface area contributed by atoms with E-state index in [4.69, 9.17) is 27.9 Å². The molecule has 0 aliphatic rings. The second kappa shape index (κ2) is 9.05. The molecule has 0 aliphatic heterocycles. The van der Waals surface area contributed by atoms with Gasteiger partial charge in [-0.05, 0) is 24.6 Å². The summed E-state index contributed by atoms with van der Waals surface area (Å²) in [6.45, 7) is 3.42. The van der Waals surface area contributed by atoms with Gasteiger partial charge in [0, 0.05) is 24.8 Å². The highest BCUT2D eigenvalue weighted by Crippen LogP contribution is 2.12. The molecule has 0 N–H and O–H groups in total. The number of aryl methyl sites for hydroxylation is 1. The first-order chi connectivity index (χ1) is 9.17. The number of hydrogen-bond donors (Lipinski definition) is 0. The molecule has 0 aliphatic carbocycles. The number of hydrogen-bond acceptors (Lipinski definition) is 2. The van der Waals surface area contributed by atoms with Crippen molar-refractivity contribution in [2.75, 3.05) is 31.5 Å². The summed E-state index contributed by atoms with van der Waals surface area (Å²) in [5.41, 5.74) is 1.13. The number of nitrogens with zero attached hydrogens (tertiary/aromatic N) is 1. The molecule has 0 fully saturated rings. The number of ether oxygens (including phenoxy) is 1. The molecule has 0 saturated heterocycles. The smallest absolute Gasteiger partial charge is 0.226 e. The van der Waals surface area contributed by atoms with E-state index in [1.54, 1.807) is 4.90 Å². The molecule has 0 unspecified atom stereocenters. The molecule has 1 rings (SSSR count). The quantitative estimate of drug-likeness (QED) is 0.691. The van der Waals surface area contributed by atoms with Crippen LogP contribution in [0.2, 0.25) is 0 Å². The molecule has 0 aromatic heterocycles. The van der Waals surface area contributed by atoms with Crippen LogP contribution < -0.4 is 4.74 Å². The molecular weight excluding hydrogens is 285 g/mol. The number of benzene rings is 1. The molecule has 1 amide bonds. The molecule has 0 bridgehead atoms. The van der Waals surface area contributed by atoms with Crippen LogP contribution in [-0.2, 0) is 4.79 Å². The fourth-order valence-corrected chi connectivity index (χ4v) is 2.09. The van der Waals surface area contributed by atoms with Crippen LogP contribution in [0.25, 0.3) is 0 Å². The predicted octanol–water partition coefficient (Wildman–Crippen LogP) is 3.07. The first-order valence-corrected chi connectivity index (χ1v) is 7.33. The zero-order valence-electron chi connectivity index (χ0n) is 11.1. The van der Waals surface area contributed by atoms with Gasteiger partial charge < -0.3 is 9.64 Å². The number of alkyl halides is 2. The van der Waals surface area contributed by atoms with Gasteiger partial charge in [0.05, 0.1) is 13.0 Å². The Bertz CT molecular complexity index is 393. The van der Waals surface area contributed by atoms with Crippen molar-refractivity contribution in [1.29, 1.82) is 0 Å². The molecule has 0 heterocycles. The van der Waals surface area contributed by atoms with Gasteiger partial charge in [0.1, 0.15) is 5.75 Å². The van der Waals surface area contributed by atoms with E-state index in [2.05, 4.69) is 0 Å². The van der Waals surface area contributed by atoms with Crippen LogP contribution in [0.15, 0.2) is 24.3 Å². The topological polar surface area (TPSA) is 29.5 Å². The Kier molecular flexibility index (Phi) is 7.68. The van der Waals surface area contributed by atoms with Gasteiger partial charge in [0.25, 0.3) is 0 Å². The van der Waals surface area contributed by atoms with E-state index in [0.29, 0.717) is 37.9 Å². The van der Waals surface area contributed by atoms with Crippen LogP contribution >= 0.6 is 23.2 Å². The Morgan fingerprint density at radius 2 is 1.95 bits per heavy atom. The Morgan fingerprint density at radius 1 is 1.26 bits per heavy atom. The lowest BCUT2D eigenvalue weighted by molar-refractivity contribution is -0.131. The molecule has 5 heteroatoms. The Balaban J connectivity index is 2.36. The first-order valence-electron chi connectivity index (χ1n) is 6.26. The Hall–Kier alpha value is -0.930. The summed E-state index contributed by atoms with van der Waals surface area (Å²) in [6.07, 6.45) is 0.335. The molecular formula is C14H19Cl2NO2. The Morgan fingerprint density at radius 3 is 2.53 bits per heavy atom. The van der Waals surface area contributed by atoms with E-state index >= 15 is 0 Å². The highest BCUT2D eigenvalue weighted by molar-refractivity contribution is 6.18. The lowest BCUT2D eigenvalue weighted by atomic mass is 10.2. The molecule has 0 atom stereocenters. The highest BCUT2D eigenvalue weighted by atomic mass is 35.5. The van der Waals surface area contributed by atoms with Crippen molar-refractivity contribution < 1.29 is 9.53 Å². The SMILES string of the molecule is Cc1cccc(OCCC(=O)N(CCCl)CCCl)c1. The van der Waals surface area contributed by atoms with Gasteiger partial charge >= 0.3 is 0 Å². The van der Waals surface area contributed by atoms with Gasteiger partial charge in [-0.3, -0.25) is 4.79 Å². The van der Waals surface area contributed by atoms with E-state index in [9.17, 15) is 4.79 Å². The third-order valence-corrected chi connectivity index (χ3v) is 2.97. The fourth-order valence-electron chi connectivity index (χ4n) is 1.68. The van der Waals surface area contributed by atoms with Crippen molar-refractivity contribution in [2.45, 2.75) is 13.3 Å². The van der Waals surface area contributed by atoms with E-state index in [-0.39, 0.29) is 5.91 Å². The number of amides is 1. The maximum absolute atomic E-state index is 11.9. The van der Waals surface area contributed by atoms with Gasteiger partial charge in [-0.25, -0.2) is 0 Å². The van der Waals surface area contributed by atoms with Crippen molar-refractivity contribution in [3.8, 4) is 5.75 Å². The largest absolute Gasteiger partial charge is 0.493 e. The standard InChI is InChI=1S/C14H19Cl2NO2/c1-12-3-2-4-13(11-12)19-10-5-14(18)17(8-6-15)9-7-16/h2-4,11H,5-10H2,1H3.